The minimum absolute atomic E-state index is 0.0827. The fourth-order valence-electron chi connectivity index (χ4n) is 2.39. The van der Waals surface area contributed by atoms with Crippen LogP contribution in [0.5, 0.6) is 0 Å². The Morgan fingerprint density at radius 2 is 2.30 bits per heavy atom. The lowest BCUT2D eigenvalue weighted by atomic mass is 10.2. The Hall–Kier alpha value is -1.42. The molecular weight excluding hydrogens is 274 g/mol. The molecule has 1 heterocycles. The van der Waals surface area contributed by atoms with Crippen LogP contribution in [0.3, 0.4) is 0 Å². The summed E-state index contributed by atoms with van der Waals surface area (Å²) in [5.41, 5.74) is 1.11. The van der Waals surface area contributed by atoms with E-state index in [4.69, 9.17) is 5.26 Å². The van der Waals surface area contributed by atoms with E-state index >= 15 is 0 Å². The van der Waals surface area contributed by atoms with Gasteiger partial charge in [0.05, 0.1) is 17.4 Å². The zero-order chi connectivity index (χ0) is 14.4. The van der Waals surface area contributed by atoms with Crippen molar-refractivity contribution in [3.8, 4) is 6.07 Å². The summed E-state index contributed by atoms with van der Waals surface area (Å²) in [7, 11) is -3.34. The molecule has 20 heavy (non-hydrogen) atoms. The van der Waals surface area contributed by atoms with E-state index in [0.717, 1.165) is 19.4 Å². The standard InChI is InChI=1S/C14H19N3O2S/c15-10-12-3-1-4-13(9-12)11-20(18,19)17-8-6-14-5-2-7-16-14/h1,3-4,9,14,16-17H,2,5-8,11H2/t14-/m1/s1. The van der Waals surface area contributed by atoms with E-state index in [2.05, 4.69) is 10.0 Å². The predicted molar refractivity (Wildman–Crippen MR) is 77.4 cm³/mol. The number of sulfonamides is 1. The van der Waals surface area contributed by atoms with Crippen molar-refractivity contribution in [2.45, 2.75) is 31.1 Å². The van der Waals surface area contributed by atoms with Gasteiger partial charge in [0.1, 0.15) is 0 Å². The quantitative estimate of drug-likeness (QED) is 0.823. The van der Waals surface area contributed by atoms with Gasteiger partial charge in [0.25, 0.3) is 0 Å². The molecule has 5 nitrogen and oxygen atoms in total. The Kier molecular flexibility index (Phi) is 5.12. The normalized spacial score (nSPS) is 18.9. The molecule has 2 N–H and O–H groups in total. The molecule has 108 valence electrons. The lowest BCUT2D eigenvalue weighted by Gasteiger charge is -2.11. The van der Waals surface area contributed by atoms with Crippen LogP contribution in [0.2, 0.25) is 0 Å². The molecule has 0 aliphatic carbocycles. The second kappa shape index (κ2) is 6.84. The number of nitrogens with one attached hydrogen (secondary N) is 2. The highest BCUT2D eigenvalue weighted by Crippen LogP contribution is 2.10. The molecule has 0 amide bonds. The summed E-state index contributed by atoms with van der Waals surface area (Å²) < 4.78 is 26.5. The molecule has 1 aliphatic rings. The number of nitriles is 1. The van der Waals surface area contributed by atoms with Gasteiger partial charge in [-0.05, 0) is 43.5 Å². The summed E-state index contributed by atoms with van der Waals surface area (Å²) in [6, 6.07) is 9.13. The molecule has 1 atom stereocenters. The molecule has 0 spiro atoms. The van der Waals surface area contributed by atoms with Gasteiger partial charge in [-0.1, -0.05) is 12.1 Å². The number of hydrogen-bond acceptors (Lipinski definition) is 4. The first-order valence-corrected chi connectivity index (χ1v) is 8.44. The van der Waals surface area contributed by atoms with Crippen LogP contribution < -0.4 is 10.0 Å². The lowest BCUT2D eigenvalue weighted by Crippen LogP contribution is -2.31. The largest absolute Gasteiger partial charge is 0.314 e. The summed E-state index contributed by atoms with van der Waals surface area (Å²) in [4.78, 5) is 0. The maximum absolute atomic E-state index is 12.0. The van der Waals surface area contributed by atoms with E-state index in [1.165, 1.54) is 6.42 Å². The number of nitrogens with zero attached hydrogens (tertiary/aromatic N) is 1. The van der Waals surface area contributed by atoms with Gasteiger partial charge in [-0.15, -0.1) is 0 Å². The minimum atomic E-state index is -3.34. The molecule has 0 radical (unpaired) electrons. The summed E-state index contributed by atoms with van der Waals surface area (Å²) >= 11 is 0. The van der Waals surface area contributed by atoms with Gasteiger partial charge in [0, 0.05) is 12.6 Å². The first-order chi connectivity index (χ1) is 9.59. The van der Waals surface area contributed by atoms with E-state index in [9.17, 15) is 8.42 Å². The van der Waals surface area contributed by atoms with E-state index in [1.54, 1.807) is 24.3 Å². The van der Waals surface area contributed by atoms with Crippen LogP contribution in [-0.4, -0.2) is 27.5 Å². The van der Waals surface area contributed by atoms with Gasteiger partial charge in [-0.25, -0.2) is 13.1 Å². The summed E-state index contributed by atoms with van der Waals surface area (Å²) in [5, 5.41) is 12.1. The van der Waals surface area contributed by atoms with Crippen molar-refractivity contribution < 1.29 is 8.42 Å². The van der Waals surface area contributed by atoms with Gasteiger partial charge in [0.15, 0.2) is 0 Å². The minimum Gasteiger partial charge on any atom is -0.314 e. The zero-order valence-electron chi connectivity index (χ0n) is 11.3. The maximum atomic E-state index is 12.0. The van der Waals surface area contributed by atoms with Crippen LogP contribution in [0.15, 0.2) is 24.3 Å². The number of rotatable bonds is 6. The number of hydrogen-bond donors (Lipinski definition) is 2. The van der Waals surface area contributed by atoms with E-state index in [1.807, 2.05) is 6.07 Å². The second-order valence-electron chi connectivity index (χ2n) is 5.05. The summed E-state index contributed by atoms with van der Waals surface area (Å²) in [6.45, 7) is 1.48. The Balaban J connectivity index is 1.85. The molecule has 1 fully saturated rings. The molecule has 0 saturated carbocycles. The predicted octanol–water partition coefficient (Wildman–Crippen LogP) is 1.12. The fraction of sp³-hybridized carbons (Fsp3) is 0.500. The molecule has 6 heteroatoms. The molecule has 2 rings (SSSR count). The van der Waals surface area contributed by atoms with Crippen LogP contribution >= 0.6 is 0 Å². The molecule has 0 bridgehead atoms. The Morgan fingerprint density at radius 1 is 1.45 bits per heavy atom. The Morgan fingerprint density at radius 3 is 3.00 bits per heavy atom. The van der Waals surface area contributed by atoms with E-state index in [0.29, 0.717) is 23.7 Å². The maximum Gasteiger partial charge on any atom is 0.215 e. The average Bonchev–Trinajstić information content (AvgIpc) is 2.91. The van der Waals surface area contributed by atoms with Crippen LogP contribution in [0.4, 0.5) is 0 Å². The van der Waals surface area contributed by atoms with E-state index in [-0.39, 0.29) is 5.75 Å². The molecular formula is C14H19N3O2S. The van der Waals surface area contributed by atoms with Gasteiger partial charge in [-0.2, -0.15) is 5.26 Å². The second-order valence-corrected chi connectivity index (χ2v) is 6.85. The molecule has 0 unspecified atom stereocenters. The fourth-order valence-corrected chi connectivity index (χ4v) is 3.54. The SMILES string of the molecule is N#Cc1cccc(CS(=O)(=O)NCC[C@H]2CCCN2)c1. The lowest BCUT2D eigenvalue weighted by molar-refractivity contribution is 0.539. The summed E-state index contributed by atoms with van der Waals surface area (Å²) in [5.74, 6) is -0.0827. The van der Waals surface area contributed by atoms with Crippen molar-refractivity contribution in [1.82, 2.24) is 10.0 Å². The Labute approximate surface area is 120 Å². The van der Waals surface area contributed by atoms with Crippen molar-refractivity contribution in [3.05, 3.63) is 35.4 Å². The molecule has 1 saturated heterocycles. The Bertz CT molecular complexity index is 587. The van der Waals surface area contributed by atoms with Crippen molar-refractivity contribution in [3.63, 3.8) is 0 Å². The van der Waals surface area contributed by atoms with Crippen molar-refractivity contribution in [2.24, 2.45) is 0 Å². The average molecular weight is 293 g/mol. The van der Waals surface area contributed by atoms with Crippen LogP contribution in [0.1, 0.15) is 30.4 Å². The highest BCUT2D eigenvalue weighted by Gasteiger charge is 2.16. The monoisotopic (exact) mass is 293 g/mol. The van der Waals surface area contributed by atoms with Crippen LogP contribution in [0.25, 0.3) is 0 Å². The van der Waals surface area contributed by atoms with Crippen molar-refractivity contribution in [2.75, 3.05) is 13.1 Å². The third kappa shape index (κ3) is 4.60. The van der Waals surface area contributed by atoms with Crippen molar-refractivity contribution in [1.29, 1.82) is 5.26 Å². The van der Waals surface area contributed by atoms with Gasteiger partial charge < -0.3 is 5.32 Å². The first-order valence-electron chi connectivity index (χ1n) is 6.79. The molecule has 1 aromatic rings. The third-order valence-corrected chi connectivity index (χ3v) is 4.75. The molecule has 0 aromatic heterocycles. The van der Waals surface area contributed by atoms with Crippen molar-refractivity contribution >= 4 is 10.0 Å². The van der Waals surface area contributed by atoms with E-state index < -0.39 is 10.0 Å². The van der Waals surface area contributed by atoms with Gasteiger partial charge >= 0.3 is 0 Å². The highest BCUT2D eigenvalue weighted by molar-refractivity contribution is 7.88. The third-order valence-electron chi connectivity index (χ3n) is 3.39. The topological polar surface area (TPSA) is 82.0 Å². The van der Waals surface area contributed by atoms with Gasteiger partial charge in [0.2, 0.25) is 10.0 Å². The first kappa shape index (κ1) is 15.0. The van der Waals surface area contributed by atoms with Crippen LogP contribution in [0, 0.1) is 11.3 Å². The zero-order valence-corrected chi connectivity index (χ0v) is 12.1. The van der Waals surface area contributed by atoms with Gasteiger partial charge in [-0.3, -0.25) is 0 Å². The molecule has 1 aromatic carbocycles. The molecule has 1 aliphatic heterocycles. The summed E-state index contributed by atoms with van der Waals surface area (Å²) in [6.07, 6.45) is 3.10. The van der Waals surface area contributed by atoms with Crippen LogP contribution in [-0.2, 0) is 15.8 Å². The smallest absolute Gasteiger partial charge is 0.215 e. The number of benzene rings is 1. The highest BCUT2D eigenvalue weighted by atomic mass is 32.2.